The summed E-state index contributed by atoms with van der Waals surface area (Å²) in [6.45, 7) is 3.78. The van der Waals surface area contributed by atoms with Gasteiger partial charge in [0.15, 0.2) is 11.5 Å². The summed E-state index contributed by atoms with van der Waals surface area (Å²) in [6, 6.07) is 10.2. The zero-order chi connectivity index (χ0) is 26.7. The molecule has 0 spiro atoms. The Kier molecular flexibility index (Phi) is 8.19. The summed E-state index contributed by atoms with van der Waals surface area (Å²) in [6.07, 6.45) is 2.38. The highest BCUT2D eigenvalue weighted by Crippen LogP contribution is 2.46. The molecule has 1 amide bonds. The van der Waals surface area contributed by atoms with Crippen molar-refractivity contribution in [2.24, 2.45) is 0 Å². The number of carbonyl (C=O) groups excluding carboxylic acids is 2. The maximum atomic E-state index is 13.7. The lowest BCUT2D eigenvalue weighted by atomic mass is 9.99. The molecule has 0 saturated carbocycles. The molecule has 9 nitrogen and oxygen atoms in total. The number of thioether (sulfide) groups is 1. The normalized spacial score (nSPS) is 14.1. The van der Waals surface area contributed by atoms with E-state index in [0.29, 0.717) is 34.7 Å². The maximum Gasteiger partial charge on any atom is 0.311 e. The number of halogens is 1. The van der Waals surface area contributed by atoms with E-state index in [9.17, 15) is 14.7 Å². The number of methoxy groups -OCH3 is 1. The van der Waals surface area contributed by atoms with Crippen molar-refractivity contribution in [1.29, 1.82) is 0 Å². The molecule has 194 valence electrons. The third-order valence-electron chi connectivity index (χ3n) is 5.85. The molecule has 4 rings (SSSR count). The number of carbonyl (C=O) groups is 2. The molecule has 0 N–H and O–H groups in total. The van der Waals surface area contributed by atoms with Gasteiger partial charge in [-0.05, 0) is 37.3 Å². The van der Waals surface area contributed by atoms with Gasteiger partial charge in [0.25, 0.3) is 17.0 Å². The van der Waals surface area contributed by atoms with Gasteiger partial charge in [0.1, 0.15) is 0 Å². The van der Waals surface area contributed by atoms with Gasteiger partial charge in [-0.25, -0.2) is 9.88 Å². The Morgan fingerprint density at radius 3 is 2.59 bits per heavy atom. The van der Waals surface area contributed by atoms with Gasteiger partial charge in [-0.3, -0.25) is 9.59 Å². The fourth-order valence-corrected chi connectivity index (χ4v) is 4.88. The number of rotatable bonds is 8. The van der Waals surface area contributed by atoms with Crippen LogP contribution >= 0.6 is 23.4 Å². The number of hydrogen-bond acceptors (Lipinski definition) is 8. The van der Waals surface area contributed by atoms with Crippen molar-refractivity contribution in [2.45, 2.75) is 50.9 Å². The number of anilines is 1. The fraction of sp³-hybridized carbons (Fsp3) is 0.346. The van der Waals surface area contributed by atoms with Crippen LogP contribution in [-0.4, -0.2) is 35.3 Å². The van der Waals surface area contributed by atoms with Crippen molar-refractivity contribution in [2.75, 3.05) is 18.3 Å². The van der Waals surface area contributed by atoms with Gasteiger partial charge in [0, 0.05) is 29.0 Å². The monoisotopic (exact) mass is 542 g/mol. The van der Waals surface area contributed by atoms with Gasteiger partial charge in [-0.1, -0.05) is 54.0 Å². The lowest BCUT2D eigenvalue weighted by Crippen LogP contribution is -2.59. The van der Waals surface area contributed by atoms with Gasteiger partial charge in [-0.2, -0.15) is 0 Å². The quantitative estimate of drug-likeness (QED) is 0.179. The molecule has 2 heterocycles. The van der Waals surface area contributed by atoms with Gasteiger partial charge in [-0.15, -0.1) is 0 Å². The lowest BCUT2D eigenvalue weighted by Gasteiger charge is -2.34. The van der Waals surface area contributed by atoms with Crippen molar-refractivity contribution in [3.05, 3.63) is 47.0 Å². The first kappa shape index (κ1) is 26.7. The van der Waals surface area contributed by atoms with Crippen molar-refractivity contribution < 1.29 is 28.9 Å². The molecule has 0 saturated heterocycles. The predicted octanol–water partition coefficient (Wildman–Crippen LogP) is 4.29. The molecule has 0 bridgehead atoms. The Bertz CT molecular complexity index is 1350. The van der Waals surface area contributed by atoms with Crippen LogP contribution in [0.5, 0.6) is 17.4 Å². The van der Waals surface area contributed by atoms with E-state index in [1.54, 1.807) is 41.5 Å². The summed E-state index contributed by atoms with van der Waals surface area (Å²) in [7, 11) is 1.44. The minimum absolute atomic E-state index is 0.110. The highest BCUT2D eigenvalue weighted by Gasteiger charge is 2.46. The molecule has 1 aliphatic heterocycles. The minimum atomic E-state index is -0.998. The van der Waals surface area contributed by atoms with Crippen molar-refractivity contribution >= 4 is 40.9 Å². The van der Waals surface area contributed by atoms with Crippen LogP contribution in [0.25, 0.3) is 11.3 Å². The van der Waals surface area contributed by atoms with E-state index in [0.717, 1.165) is 0 Å². The predicted molar refractivity (Wildman–Crippen MR) is 138 cm³/mol. The smallest absolute Gasteiger partial charge is 0.311 e. The summed E-state index contributed by atoms with van der Waals surface area (Å²) in [4.78, 5) is 32.0. The SMILES string of the molecule is CCCC(=O)Oc1c(OC)cc(Cl)cc1C1N(C(=O)CCC)c2ccccc2-c2c([O-])nc(SC)n[n+]21. The first-order valence-corrected chi connectivity index (χ1v) is 13.5. The Morgan fingerprint density at radius 2 is 1.92 bits per heavy atom. The Balaban J connectivity index is 2.09. The first-order valence-electron chi connectivity index (χ1n) is 11.9. The van der Waals surface area contributed by atoms with E-state index in [4.69, 9.17) is 21.1 Å². The highest BCUT2D eigenvalue weighted by atomic mass is 35.5. The van der Waals surface area contributed by atoms with Crippen LogP contribution in [0.1, 0.15) is 51.3 Å². The van der Waals surface area contributed by atoms with E-state index in [-0.39, 0.29) is 41.1 Å². The molecule has 0 radical (unpaired) electrons. The van der Waals surface area contributed by atoms with Gasteiger partial charge >= 0.3 is 5.97 Å². The lowest BCUT2D eigenvalue weighted by molar-refractivity contribution is -0.764. The Labute approximate surface area is 224 Å². The summed E-state index contributed by atoms with van der Waals surface area (Å²) >= 11 is 7.70. The van der Waals surface area contributed by atoms with E-state index in [1.165, 1.54) is 29.6 Å². The van der Waals surface area contributed by atoms with Crippen LogP contribution < -0.4 is 24.2 Å². The molecule has 11 heteroatoms. The Hall–Kier alpha value is -3.37. The molecule has 1 aromatic heterocycles. The van der Waals surface area contributed by atoms with Gasteiger partial charge in [0.05, 0.1) is 29.8 Å². The molecule has 2 aromatic carbocycles. The molecule has 1 atom stereocenters. The fourth-order valence-electron chi connectivity index (χ4n) is 4.32. The number of para-hydroxylation sites is 1. The van der Waals surface area contributed by atoms with Gasteiger partial charge < -0.3 is 14.6 Å². The van der Waals surface area contributed by atoms with Crippen molar-refractivity contribution in [3.63, 3.8) is 0 Å². The molecule has 1 aliphatic rings. The zero-order valence-corrected chi connectivity index (χ0v) is 22.6. The maximum absolute atomic E-state index is 13.7. The van der Waals surface area contributed by atoms with Crippen LogP contribution in [0.15, 0.2) is 41.6 Å². The summed E-state index contributed by atoms with van der Waals surface area (Å²) in [5, 5.41) is 18.5. The minimum Gasteiger partial charge on any atom is -0.854 e. The Morgan fingerprint density at radius 1 is 1.19 bits per heavy atom. The average Bonchev–Trinajstić information content (AvgIpc) is 2.88. The standard InChI is InChI=1S/C26H27ClN4O5S/c1-5-9-20(32)30-18-12-8-7-11-16(18)22-24(34)28-26(37-4)29-31(22)25(30)17-13-15(27)14-19(35-3)23(17)36-21(33)10-6-2/h7-8,11-14,25H,5-6,9-10H2,1-4H3. The summed E-state index contributed by atoms with van der Waals surface area (Å²) in [5.41, 5.74) is 1.61. The molecular weight excluding hydrogens is 516 g/mol. The van der Waals surface area contributed by atoms with E-state index in [2.05, 4.69) is 10.1 Å². The molecule has 1 unspecified atom stereocenters. The van der Waals surface area contributed by atoms with Crippen LogP contribution in [-0.2, 0) is 9.59 Å². The average molecular weight is 543 g/mol. The van der Waals surface area contributed by atoms with Crippen LogP contribution in [0.4, 0.5) is 5.69 Å². The van der Waals surface area contributed by atoms with Crippen LogP contribution in [0.2, 0.25) is 5.02 Å². The number of nitrogens with zero attached hydrogens (tertiary/aromatic N) is 4. The second kappa shape index (κ2) is 11.4. The number of fused-ring (bicyclic) bond motifs is 3. The van der Waals surface area contributed by atoms with E-state index < -0.39 is 18.0 Å². The first-order chi connectivity index (χ1) is 17.8. The topological polar surface area (TPSA) is 109 Å². The molecule has 0 fully saturated rings. The van der Waals surface area contributed by atoms with Crippen LogP contribution in [0.3, 0.4) is 0 Å². The second-order valence-corrected chi connectivity index (χ2v) is 9.56. The largest absolute Gasteiger partial charge is 0.854 e. The van der Waals surface area contributed by atoms with E-state index >= 15 is 0 Å². The molecule has 0 aliphatic carbocycles. The van der Waals surface area contributed by atoms with E-state index in [1.807, 2.05) is 13.8 Å². The zero-order valence-electron chi connectivity index (χ0n) is 21.0. The number of aromatic nitrogens is 3. The van der Waals surface area contributed by atoms with Crippen LogP contribution in [0, 0.1) is 0 Å². The summed E-state index contributed by atoms with van der Waals surface area (Å²) < 4.78 is 12.8. The highest BCUT2D eigenvalue weighted by molar-refractivity contribution is 7.98. The molecule has 37 heavy (non-hydrogen) atoms. The second-order valence-electron chi connectivity index (χ2n) is 8.35. The third-order valence-corrected chi connectivity index (χ3v) is 6.60. The molecular formula is C26H27ClN4O5S. The number of benzene rings is 2. The number of ether oxygens (including phenoxy) is 2. The number of amides is 1. The number of esters is 1. The molecule has 3 aromatic rings. The third kappa shape index (κ3) is 5.08. The van der Waals surface area contributed by atoms with Gasteiger partial charge in [0.2, 0.25) is 5.91 Å². The number of hydrogen-bond donors (Lipinski definition) is 0. The van der Waals surface area contributed by atoms with Crippen molar-refractivity contribution in [1.82, 2.24) is 10.1 Å². The van der Waals surface area contributed by atoms with Crippen molar-refractivity contribution in [3.8, 4) is 28.6 Å². The summed E-state index contributed by atoms with van der Waals surface area (Å²) in [5.74, 6) is -0.816.